The highest BCUT2D eigenvalue weighted by Crippen LogP contribution is 2.30. The number of hydrogen-bond donors (Lipinski definition) is 1. The molecule has 0 bridgehead atoms. The van der Waals surface area contributed by atoms with Crippen molar-refractivity contribution in [1.82, 2.24) is 5.32 Å². The molecule has 1 fully saturated rings. The van der Waals surface area contributed by atoms with Gasteiger partial charge in [0.15, 0.2) is 6.29 Å². The average molecular weight is 262 g/mol. The molecule has 1 unspecified atom stereocenters. The zero-order valence-electron chi connectivity index (χ0n) is 9.24. The minimum absolute atomic E-state index is 0.0788. The lowest BCUT2D eigenvalue weighted by Gasteiger charge is -2.19. The van der Waals surface area contributed by atoms with Crippen LogP contribution in [-0.4, -0.2) is 26.0 Å². The molecule has 2 heterocycles. The van der Waals surface area contributed by atoms with Crippen LogP contribution in [0.4, 0.5) is 0 Å². The van der Waals surface area contributed by atoms with Crippen molar-refractivity contribution in [2.45, 2.75) is 25.7 Å². The van der Waals surface area contributed by atoms with E-state index in [0.717, 1.165) is 17.3 Å². The average Bonchev–Trinajstić information content (AvgIpc) is 2.88. The fourth-order valence-electron chi connectivity index (χ4n) is 1.80. The summed E-state index contributed by atoms with van der Waals surface area (Å²) >= 11 is 7.56. The lowest BCUT2D eigenvalue weighted by atomic mass is 10.1. The largest absolute Gasteiger partial charge is 0.350 e. The molecule has 0 radical (unpaired) electrons. The zero-order chi connectivity index (χ0) is 11.4. The van der Waals surface area contributed by atoms with Gasteiger partial charge in [-0.15, -0.1) is 11.3 Å². The van der Waals surface area contributed by atoms with E-state index in [4.69, 9.17) is 21.1 Å². The van der Waals surface area contributed by atoms with Gasteiger partial charge in [-0.25, -0.2) is 0 Å². The fourth-order valence-corrected chi connectivity index (χ4v) is 2.95. The van der Waals surface area contributed by atoms with Crippen LogP contribution >= 0.6 is 22.9 Å². The molecule has 0 aromatic carbocycles. The van der Waals surface area contributed by atoms with E-state index in [1.165, 1.54) is 4.88 Å². The van der Waals surface area contributed by atoms with Gasteiger partial charge in [-0.2, -0.15) is 0 Å². The normalized spacial score (nSPS) is 19.1. The summed E-state index contributed by atoms with van der Waals surface area (Å²) in [4.78, 5) is 1.24. The SMILES string of the molecule is CCNC(CC1OCCO1)c1ccc(Cl)s1. The molecule has 1 N–H and O–H groups in total. The first kappa shape index (κ1) is 12.3. The van der Waals surface area contributed by atoms with Crippen molar-refractivity contribution >= 4 is 22.9 Å². The van der Waals surface area contributed by atoms with Crippen LogP contribution in [0.1, 0.15) is 24.3 Å². The first-order valence-electron chi connectivity index (χ1n) is 5.51. The Morgan fingerprint density at radius 3 is 2.81 bits per heavy atom. The van der Waals surface area contributed by atoms with Gasteiger partial charge in [-0.3, -0.25) is 0 Å². The molecule has 16 heavy (non-hydrogen) atoms. The molecule has 1 aromatic rings. The molecule has 2 rings (SSSR count). The van der Waals surface area contributed by atoms with Crippen molar-refractivity contribution in [3.05, 3.63) is 21.3 Å². The Kier molecular flexibility index (Phi) is 4.61. The van der Waals surface area contributed by atoms with Crippen molar-refractivity contribution in [2.75, 3.05) is 19.8 Å². The van der Waals surface area contributed by atoms with Crippen molar-refractivity contribution < 1.29 is 9.47 Å². The highest BCUT2D eigenvalue weighted by atomic mass is 35.5. The summed E-state index contributed by atoms with van der Waals surface area (Å²) in [5.41, 5.74) is 0. The quantitative estimate of drug-likeness (QED) is 0.884. The van der Waals surface area contributed by atoms with Gasteiger partial charge in [0.25, 0.3) is 0 Å². The highest BCUT2D eigenvalue weighted by Gasteiger charge is 2.22. The van der Waals surface area contributed by atoms with E-state index in [1.54, 1.807) is 11.3 Å². The van der Waals surface area contributed by atoms with Crippen LogP contribution in [0.25, 0.3) is 0 Å². The monoisotopic (exact) mass is 261 g/mol. The first-order chi connectivity index (χ1) is 7.79. The first-order valence-corrected chi connectivity index (χ1v) is 6.71. The Labute approximate surface area is 105 Å². The number of hydrogen-bond acceptors (Lipinski definition) is 4. The van der Waals surface area contributed by atoms with E-state index in [9.17, 15) is 0 Å². The lowest BCUT2D eigenvalue weighted by molar-refractivity contribution is -0.0527. The van der Waals surface area contributed by atoms with E-state index < -0.39 is 0 Å². The van der Waals surface area contributed by atoms with Crippen LogP contribution in [0.2, 0.25) is 4.34 Å². The third kappa shape index (κ3) is 3.18. The summed E-state index contributed by atoms with van der Waals surface area (Å²) in [6.45, 7) is 4.43. The van der Waals surface area contributed by atoms with Crippen LogP contribution < -0.4 is 5.32 Å². The minimum Gasteiger partial charge on any atom is -0.350 e. The lowest BCUT2D eigenvalue weighted by Crippen LogP contribution is -2.25. The van der Waals surface area contributed by atoms with E-state index in [2.05, 4.69) is 18.3 Å². The minimum atomic E-state index is -0.0788. The molecule has 1 aliphatic rings. The molecule has 1 aromatic heterocycles. The summed E-state index contributed by atoms with van der Waals surface area (Å²) in [6.07, 6.45) is 0.759. The Bertz CT molecular complexity index is 326. The summed E-state index contributed by atoms with van der Waals surface area (Å²) in [7, 11) is 0. The molecule has 90 valence electrons. The molecule has 0 saturated carbocycles. The van der Waals surface area contributed by atoms with Crippen LogP contribution in [0, 0.1) is 0 Å². The van der Waals surface area contributed by atoms with Gasteiger partial charge in [-0.1, -0.05) is 18.5 Å². The summed E-state index contributed by atoms with van der Waals surface area (Å²) in [6, 6.07) is 4.27. The van der Waals surface area contributed by atoms with Gasteiger partial charge < -0.3 is 14.8 Å². The number of halogens is 1. The Balaban J connectivity index is 1.98. The maximum absolute atomic E-state index is 5.95. The van der Waals surface area contributed by atoms with Gasteiger partial charge in [-0.05, 0) is 18.7 Å². The second-order valence-corrected chi connectivity index (χ2v) is 5.41. The summed E-state index contributed by atoms with van der Waals surface area (Å²) < 4.78 is 11.8. The molecule has 0 amide bonds. The number of rotatable bonds is 5. The second kappa shape index (κ2) is 5.98. The predicted molar refractivity (Wildman–Crippen MR) is 66.1 cm³/mol. The predicted octanol–water partition coefficient (Wildman–Crippen LogP) is 2.82. The topological polar surface area (TPSA) is 30.5 Å². The summed E-state index contributed by atoms with van der Waals surface area (Å²) in [5, 5.41) is 3.43. The Morgan fingerprint density at radius 1 is 1.50 bits per heavy atom. The van der Waals surface area contributed by atoms with E-state index >= 15 is 0 Å². The van der Waals surface area contributed by atoms with Crippen molar-refractivity contribution in [2.24, 2.45) is 0 Å². The van der Waals surface area contributed by atoms with Crippen LogP contribution in [0.5, 0.6) is 0 Å². The molecular weight excluding hydrogens is 246 g/mol. The zero-order valence-corrected chi connectivity index (χ0v) is 10.8. The van der Waals surface area contributed by atoms with Gasteiger partial charge in [0.1, 0.15) is 0 Å². The molecular formula is C11H16ClNO2S. The van der Waals surface area contributed by atoms with Gasteiger partial charge >= 0.3 is 0 Å². The van der Waals surface area contributed by atoms with E-state index in [0.29, 0.717) is 13.2 Å². The molecule has 1 atom stereocenters. The smallest absolute Gasteiger partial charge is 0.159 e. The number of nitrogens with one attached hydrogen (secondary N) is 1. The molecule has 5 heteroatoms. The van der Waals surface area contributed by atoms with Gasteiger partial charge in [0, 0.05) is 17.3 Å². The van der Waals surface area contributed by atoms with Crippen molar-refractivity contribution in [1.29, 1.82) is 0 Å². The standard InChI is InChI=1S/C11H16ClNO2S/c1-2-13-8(7-11-14-5-6-15-11)9-3-4-10(12)16-9/h3-4,8,11,13H,2,5-7H2,1H3. The fraction of sp³-hybridized carbons (Fsp3) is 0.636. The molecule has 3 nitrogen and oxygen atoms in total. The molecule has 1 aliphatic heterocycles. The van der Waals surface area contributed by atoms with Crippen molar-refractivity contribution in [3.8, 4) is 0 Å². The third-order valence-corrected chi connectivity index (χ3v) is 3.85. The summed E-state index contributed by atoms with van der Waals surface area (Å²) in [5.74, 6) is 0. The Morgan fingerprint density at radius 2 is 2.25 bits per heavy atom. The van der Waals surface area contributed by atoms with Gasteiger partial charge in [0.05, 0.1) is 17.6 Å². The second-order valence-electron chi connectivity index (χ2n) is 3.66. The van der Waals surface area contributed by atoms with E-state index in [1.807, 2.05) is 6.07 Å². The van der Waals surface area contributed by atoms with E-state index in [-0.39, 0.29) is 12.3 Å². The third-order valence-electron chi connectivity index (χ3n) is 2.51. The molecule has 0 aliphatic carbocycles. The maximum atomic E-state index is 5.95. The highest BCUT2D eigenvalue weighted by molar-refractivity contribution is 7.16. The number of ether oxygens (including phenoxy) is 2. The van der Waals surface area contributed by atoms with Crippen LogP contribution in [-0.2, 0) is 9.47 Å². The van der Waals surface area contributed by atoms with Crippen LogP contribution in [0.3, 0.4) is 0 Å². The molecule has 0 spiro atoms. The molecule has 1 saturated heterocycles. The number of thiophene rings is 1. The van der Waals surface area contributed by atoms with Crippen LogP contribution in [0.15, 0.2) is 12.1 Å². The maximum Gasteiger partial charge on any atom is 0.159 e. The van der Waals surface area contributed by atoms with Gasteiger partial charge in [0.2, 0.25) is 0 Å². The Hall–Kier alpha value is -0.130. The van der Waals surface area contributed by atoms with Crippen molar-refractivity contribution in [3.63, 3.8) is 0 Å².